The number of thioether (sulfide) groups is 1. The van der Waals surface area contributed by atoms with Crippen molar-refractivity contribution in [3.05, 3.63) is 5.82 Å². The normalized spacial score (nSPS) is 11.0. The Morgan fingerprint density at radius 2 is 2.33 bits per heavy atom. The van der Waals surface area contributed by atoms with Crippen LogP contribution in [0.1, 0.15) is 25.6 Å². The third-order valence-electron chi connectivity index (χ3n) is 1.24. The van der Waals surface area contributed by atoms with Crippen LogP contribution >= 0.6 is 34.9 Å². The van der Waals surface area contributed by atoms with E-state index in [9.17, 15) is 0 Å². The Bertz CT molecular complexity index is 237. The van der Waals surface area contributed by atoms with E-state index < -0.39 is 0 Å². The van der Waals surface area contributed by atoms with E-state index in [1.54, 1.807) is 11.8 Å². The molecule has 0 aliphatic rings. The van der Waals surface area contributed by atoms with Crippen LogP contribution in [-0.4, -0.2) is 21.0 Å². The van der Waals surface area contributed by atoms with Crippen molar-refractivity contribution in [1.82, 2.24) is 9.36 Å². The van der Waals surface area contributed by atoms with Crippen molar-refractivity contribution in [2.45, 2.75) is 24.1 Å². The van der Waals surface area contributed by atoms with Crippen LogP contribution in [0.15, 0.2) is 4.34 Å². The van der Waals surface area contributed by atoms with Gasteiger partial charge in [-0.15, -0.1) is 11.6 Å². The second-order valence-electron chi connectivity index (χ2n) is 2.61. The minimum atomic E-state index is 0.423. The minimum Gasteiger partial charge on any atom is -0.213 e. The van der Waals surface area contributed by atoms with Crippen molar-refractivity contribution in [2.24, 2.45) is 0 Å². The van der Waals surface area contributed by atoms with Crippen molar-refractivity contribution >= 4 is 34.9 Å². The quantitative estimate of drug-likeness (QED) is 0.579. The summed E-state index contributed by atoms with van der Waals surface area (Å²) in [6.45, 7) is 4.19. The van der Waals surface area contributed by atoms with Gasteiger partial charge < -0.3 is 0 Å². The number of hydrogen-bond acceptors (Lipinski definition) is 4. The molecule has 5 heteroatoms. The van der Waals surface area contributed by atoms with Crippen molar-refractivity contribution in [3.63, 3.8) is 0 Å². The summed E-state index contributed by atoms with van der Waals surface area (Å²) in [6.07, 6.45) is 0. The summed E-state index contributed by atoms with van der Waals surface area (Å²) in [5.41, 5.74) is 0. The third kappa shape index (κ3) is 2.92. The largest absolute Gasteiger partial charge is 0.213 e. The first kappa shape index (κ1) is 10.3. The van der Waals surface area contributed by atoms with Crippen LogP contribution in [-0.2, 0) is 0 Å². The van der Waals surface area contributed by atoms with Gasteiger partial charge in [-0.1, -0.05) is 25.6 Å². The summed E-state index contributed by atoms with van der Waals surface area (Å²) in [5, 5.41) is 0. The van der Waals surface area contributed by atoms with Gasteiger partial charge >= 0.3 is 0 Å². The van der Waals surface area contributed by atoms with E-state index in [1.165, 1.54) is 11.5 Å². The van der Waals surface area contributed by atoms with Crippen LogP contribution < -0.4 is 0 Å². The molecule has 0 fully saturated rings. The Labute approximate surface area is 85.9 Å². The van der Waals surface area contributed by atoms with Crippen molar-refractivity contribution < 1.29 is 0 Å². The highest BCUT2D eigenvalue weighted by Crippen LogP contribution is 2.22. The highest BCUT2D eigenvalue weighted by Gasteiger charge is 2.06. The molecule has 0 saturated heterocycles. The fraction of sp³-hybridized carbons (Fsp3) is 0.714. The topological polar surface area (TPSA) is 25.8 Å². The van der Waals surface area contributed by atoms with E-state index in [4.69, 9.17) is 11.6 Å². The lowest BCUT2D eigenvalue weighted by atomic mass is 10.2. The zero-order valence-electron chi connectivity index (χ0n) is 7.08. The smallest absolute Gasteiger partial charge is 0.170 e. The van der Waals surface area contributed by atoms with Crippen LogP contribution in [0, 0.1) is 0 Å². The second-order valence-corrected chi connectivity index (χ2v) is 5.08. The lowest BCUT2D eigenvalue weighted by Crippen LogP contribution is -1.89. The van der Waals surface area contributed by atoms with Gasteiger partial charge in [0.1, 0.15) is 5.82 Å². The maximum atomic E-state index is 5.56. The summed E-state index contributed by atoms with van der Waals surface area (Å²) in [4.78, 5) is 4.36. The van der Waals surface area contributed by atoms with Crippen molar-refractivity contribution in [1.29, 1.82) is 0 Å². The molecule has 0 aromatic carbocycles. The van der Waals surface area contributed by atoms with Crippen LogP contribution in [0.25, 0.3) is 0 Å². The lowest BCUT2D eigenvalue weighted by molar-refractivity contribution is 0.789. The van der Waals surface area contributed by atoms with Gasteiger partial charge in [-0.25, -0.2) is 4.98 Å². The predicted molar refractivity (Wildman–Crippen MR) is 55.4 cm³/mol. The molecular formula is C7H11ClN2S2. The average molecular weight is 223 g/mol. The maximum absolute atomic E-state index is 5.56. The minimum absolute atomic E-state index is 0.423. The van der Waals surface area contributed by atoms with Crippen LogP contribution in [0.2, 0.25) is 0 Å². The van der Waals surface area contributed by atoms with Gasteiger partial charge in [-0.3, -0.25) is 0 Å². The number of nitrogens with zero attached hydrogens (tertiary/aromatic N) is 2. The summed E-state index contributed by atoms with van der Waals surface area (Å²) >= 11 is 8.69. The first-order valence-corrected chi connectivity index (χ1v) is 6.05. The van der Waals surface area contributed by atoms with E-state index in [1.807, 2.05) is 0 Å². The van der Waals surface area contributed by atoms with E-state index in [0.717, 1.165) is 15.9 Å². The molecule has 0 saturated carbocycles. The molecule has 0 aliphatic carbocycles. The molecule has 1 heterocycles. The maximum Gasteiger partial charge on any atom is 0.170 e. The number of rotatable bonds is 4. The van der Waals surface area contributed by atoms with Crippen LogP contribution in [0.4, 0.5) is 0 Å². The third-order valence-corrected chi connectivity index (χ3v) is 3.50. The molecule has 68 valence electrons. The number of aromatic nitrogens is 2. The van der Waals surface area contributed by atoms with E-state index in [-0.39, 0.29) is 0 Å². The highest BCUT2D eigenvalue weighted by molar-refractivity contribution is 8.01. The van der Waals surface area contributed by atoms with Gasteiger partial charge in [0, 0.05) is 17.6 Å². The molecule has 0 N–H and O–H groups in total. The number of halogens is 1. The Balaban J connectivity index is 2.52. The zero-order valence-corrected chi connectivity index (χ0v) is 9.47. The Hall–Kier alpha value is 0.200. The molecule has 0 atom stereocenters. The summed E-state index contributed by atoms with van der Waals surface area (Å²) < 4.78 is 5.26. The molecule has 0 aliphatic heterocycles. The Kier molecular flexibility index (Phi) is 4.32. The lowest BCUT2D eigenvalue weighted by Gasteiger charge is -1.94. The van der Waals surface area contributed by atoms with E-state index >= 15 is 0 Å². The fourth-order valence-electron chi connectivity index (χ4n) is 0.639. The van der Waals surface area contributed by atoms with Crippen LogP contribution in [0.3, 0.4) is 0 Å². The molecule has 2 nitrogen and oxygen atoms in total. The Morgan fingerprint density at radius 1 is 1.58 bits per heavy atom. The van der Waals surface area contributed by atoms with Crippen molar-refractivity contribution in [2.75, 3.05) is 11.6 Å². The van der Waals surface area contributed by atoms with Gasteiger partial charge in [0.15, 0.2) is 4.34 Å². The fourth-order valence-corrected chi connectivity index (χ4v) is 2.41. The van der Waals surface area contributed by atoms with Gasteiger partial charge in [-0.2, -0.15) is 4.37 Å². The number of hydrogen-bond donors (Lipinski definition) is 0. The van der Waals surface area contributed by atoms with Gasteiger partial charge in [0.05, 0.1) is 0 Å². The summed E-state index contributed by atoms with van der Waals surface area (Å²) in [6, 6.07) is 0. The molecule has 1 rings (SSSR count). The summed E-state index contributed by atoms with van der Waals surface area (Å²) in [7, 11) is 0. The molecule has 1 aromatic heterocycles. The first-order valence-electron chi connectivity index (χ1n) is 3.76. The van der Waals surface area contributed by atoms with Gasteiger partial charge in [0.25, 0.3) is 0 Å². The molecule has 0 radical (unpaired) electrons. The van der Waals surface area contributed by atoms with Gasteiger partial charge in [0.2, 0.25) is 0 Å². The van der Waals surface area contributed by atoms with Crippen LogP contribution in [0.5, 0.6) is 0 Å². The standard InChI is InChI=1S/C7H11ClN2S2/c1-5(2)6-9-7(12-10-6)11-4-3-8/h5H,3-4H2,1-2H3. The number of alkyl halides is 1. The first-order chi connectivity index (χ1) is 5.74. The molecule has 0 spiro atoms. The van der Waals surface area contributed by atoms with E-state index in [0.29, 0.717) is 11.8 Å². The molecule has 0 unspecified atom stereocenters. The monoisotopic (exact) mass is 222 g/mol. The highest BCUT2D eigenvalue weighted by atomic mass is 35.5. The molecule has 0 amide bonds. The average Bonchev–Trinajstić information content (AvgIpc) is 2.48. The SMILES string of the molecule is CC(C)c1nsc(SCCCl)n1. The zero-order chi connectivity index (χ0) is 8.97. The molecular weight excluding hydrogens is 212 g/mol. The second kappa shape index (κ2) is 5.04. The van der Waals surface area contributed by atoms with E-state index in [2.05, 4.69) is 23.2 Å². The molecule has 12 heavy (non-hydrogen) atoms. The Morgan fingerprint density at radius 3 is 2.83 bits per heavy atom. The van der Waals surface area contributed by atoms with Gasteiger partial charge in [-0.05, 0) is 11.5 Å². The molecule has 0 bridgehead atoms. The van der Waals surface area contributed by atoms with Crippen molar-refractivity contribution in [3.8, 4) is 0 Å². The molecule has 1 aromatic rings. The predicted octanol–water partition coefficient (Wildman–Crippen LogP) is 2.99. The summed E-state index contributed by atoms with van der Waals surface area (Å²) in [5.74, 6) is 2.94.